The quantitative estimate of drug-likeness (QED) is 0.515. The van der Waals surface area contributed by atoms with Gasteiger partial charge in [0.25, 0.3) is 0 Å². The van der Waals surface area contributed by atoms with Gasteiger partial charge in [-0.1, -0.05) is 76.8 Å². The zero-order chi connectivity index (χ0) is 14.8. The van der Waals surface area contributed by atoms with Crippen LogP contribution in [0.25, 0.3) is 0 Å². The molecule has 0 spiro atoms. The molecule has 0 aliphatic carbocycles. The second kappa shape index (κ2) is 8.94. The van der Waals surface area contributed by atoms with Gasteiger partial charge in [0.05, 0.1) is 5.41 Å². The van der Waals surface area contributed by atoms with Gasteiger partial charge in [0.2, 0.25) is 0 Å². The van der Waals surface area contributed by atoms with Gasteiger partial charge in [0, 0.05) is 6.42 Å². The zero-order valence-electron chi connectivity index (χ0n) is 13.2. The van der Waals surface area contributed by atoms with E-state index >= 15 is 0 Å². The van der Waals surface area contributed by atoms with E-state index in [4.69, 9.17) is 0 Å². The van der Waals surface area contributed by atoms with Crippen LogP contribution >= 0.6 is 0 Å². The van der Waals surface area contributed by atoms with E-state index in [-0.39, 0.29) is 5.41 Å². The van der Waals surface area contributed by atoms with Crippen LogP contribution in [0, 0.1) is 6.92 Å². The van der Waals surface area contributed by atoms with Crippen molar-refractivity contribution < 1.29 is 4.79 Å². The largest absolute Gasteiger partial charge is 0.299 e. The lowest BCUT2D eigenvalue weighted by molar-refractivity contribution is -0.125. The van der Waals surface area contributed by atoms with E-state index in [1.807, 2.05) is 18.2 Å². The summed E-state index contributed by atoms with van der Waals surface area (Å²) in [4.78, 5) is 12.8. The van der Waals surface area contributed by atoms with E-state index in [0.717, 1.165) is 44.1 Å². The first-order valence-electron chi connectivity index (χ1n) is 8.09. The van der Waals surface area contributed by atoms with Crippen molar-refractivity contribution in [1.29, 1.82) is 0 Å². The van der Waals surface area contributed by atoms with Gasteiger partial charge in [0.15, 0.2) is 0 Å². The van der Waals surface area contributed by atoms with Crippen LogP contribution in [0.2, 0.25) is 0 Å². The third-order valence-electron chi connectivity index (χ3n) is 4.25. The second-order valence-electron chi connectivity index (χ2n) is 5.68. The highest BCUT2D eigenvalue weighted by Crippen LogP contribution is 2.36. The maximum atomic E-state index is 12.8. The van der Waals surface area contributed by atoms with Crippen molar-refractivity contribution in [3.63, 3.8) is 0 Å². The van der Waals surface area contributed by atoms with Gasteiger partial charge in [-0.05, 0) is 24.8 Å². The molecule has 0 fully saturated rings. The Bertz CT molecular complexity index is 382. The highest BCUT2D eigenvalue weighted by atomic mass is 16.1. The Labute approximate surface area is 124 Å². The number of ketones is 1. The average molecular weight is 273 g/mol. The first-order valence-corrected chi connectivity index (χ1v) is 8.09. The van der Waals surface area contributed by atoms with E-state index < -0.39 is 0 Å². The Kier molecular flexibility index (Phi) is 7.58. The van der Waals surface area contributed by atoms with Gasteiger partial charge < -0.3 is 0 Å². The number of hydrogen-bond acceptors (Lipinski definition) is 1. The number of rotatable bonds is 10. The minimum atomic E-state index is -0.356. The summed E-state index contributed by atoms with van der Waals surface area (Å²) in [5.74, 6) is 0.389. The van der Waals surface area contributed by atoms with Gasteiger partial charge in [0.1, 0.15) is 5.78 Å². The Balaban J connectivity index is 2.96. The number of hydrogen-bond donors (Lipinski definition) is 0. The molecule has 1 heteroatoms. The molecule has 0 aliphatic rings. The van der Waals surface area contributed by atoms with Gasteiger partial charge >= 0.3 is 0 Å². The predicted octanol–water partition coefficient (Wildman–Crippen LogP) is 5.49. The van der Waals surface area contributed by atoms with Crippen molar-refractivity contribution >= 4 is 5.78 Å². The molecule has 1 rings (SSSR count). The lowest BCUT2D eigenvalue weighted by atomic mass is 9.70. The number of carbonyl (C=O) groups is 1. The van der Waals surface area contributed by atoms with E-state index in [1.54, 1.807) is 0 Å². The van der Waals surface area contributed by atoms with Crippen LogP contribution in [0.15, 0.2) is 30.3 Å². The van der Waals surface area contributed by atoms with E-state index in [2.05, 4.69) is 32.9 Å². The monoisotopic (exact) mass is 273 g/mol. The molecule has 1 aromatic carbocycles. The summed E-state index contributed by atoms with van der Waals surface area (Å²) in [5.41, 5.74) is 0.801. The number of carbonyl (C=O) groups excluding carboxylic acids is 1. The normalized spacial score (nSPS) is 13.9. The molecule has 1 aromatic rings. The lowest BCUT2D eigenvalue weighted by Crippen LogP contribution is -2.35. The molecule has 1 atom stereocenters. The number of Topliss-reactive ketones (excluding diaryl/α,β-unsaturated/α-hetero) is 1. The molecular weight excluding hydrogens is 244 g/mol. The molecule has 0 heterocycles. The molecule has 0 aliphatic heterocycles. The first kappa shape index (κ1) is 16.9. The minimum Gasteiger partial charge on any atom is -0.299 e. The molecule has 0 amide bonds. The Morgan fingerprint density at radius 1 is 1.05 bits per heavy atom. The van der Waals surface area contributed by atoms with Crippen LogP contribution < -0.4 is 0 Å². The molecule has 1 nitrogen and oxygen atoms in total. The topological polar surface area (TPSA) is 17.1 Å². The molecule has 20 heavy (non-hydrogen) atoms. The Morgan fingerprint density at radius 3 is 2.25 bits per heavy atom. The highest BCUT2D eigenvalue weighted by molar-refractivity contribution is 5.90. The van der Waals surface area contributed by atoms with Crippen LogP contribution in [0.1, 0.15) is 70.8 Å². The van der Waals surface area contributed by atoms with E-state index in [1.165, 1.54) is 0 Å². The van der Waals surface area contributed by atoms with Crippen LogP contribution in [-0.4, -0.2) is 5.78 Å². The Morgan fingerprint density at radius 2 is 1.70 bits per heavy atom. The van der Waals surface area contributed by atoms with Crippen molar-refractivity contribution in [3.05, 3.63) is 42.8 Å². The summed E-state index contributed by atoms with van der Waals surface area (Å²) in [5, 5.41) is 0. The van der Waals surface area contributed by atoms with Crippen molar-refractivity contribution in [2.75, 3.05) is 0 Å². The third kappa shape index (κ3) is 4.19. The fraction of sp³-hybridized carbons (Fsp3) is 0.579. The highest BCUT2D eigenvalue weighted by Gasteiger charge is 2.36. The van der Waals surface area contributed by atoms with Crippen molar-refractivity contribution in [3.8, 4) is 0 Å². The molecule has 1 radical (unpaired) electrons. The van der Waals surface area contributed by atoms with Crippen LogP contribution in [-0.2, 0) is 10.2 Å². The smallest absolute Gasteiger partial charge is 0.143 e. The van der Waals surface area contributed by atoms with Crippen molar-refractivity contribution in [1.82, 2.24) is 0 Å². The summed E-state index contributed by atoms with van der Waals surface area (Å²) in [6.07, 6.45) is 7.81. The number of benzene rings is 1. The fourth-order valence-electron chi connectivity index (χ4n) is 2.86. The summed E-state index contributed by atoms with van der Waals surface area (Å²) >= 11 is 0. The third-order valence-corrected chi connectivity index (χ3v) is 4.25. The summed E-state index contributed by atoms with van der Waals surface area (Å²) in [6.45, 7) is 8.47. The number of unbranched alkanes of at least 4 members (excludes halogenated alkanes) is 3. The molecule has 1 unspecified atom stereocenters. The van der Waals surface area contributed by atoms with Gasteiger partial charge in [-0.25, -0.2) is 0 Å². The van der Waals surface area contributed by atoms with Crippen molar-refractivity contribution in [2.24, 2.45) is 0 Å². The van der Waals surface area contributed by atoms with E-state index in [9.17, 15) is 4.79 Å². The Hall–Kier alpha value is -1.11. The fourth-order valence-corrected chi connectivity index (χ4v) is 2.86. The summed E-state index contributed by atoms with van der Waals surface area (Å²) < 4.78 is 0. The summed E-state index contributed by atoms with van der Waals surface area (Å²) in [7, 11) is 0. The van der Waals surface area contributed by atoms with Gasteiger partial charge in [-0.15, -0.1) is 0 Å². The minimum absolute atomic E-state index is 0.356. The van der Waals surface area contributed by atoms with Crippen LogP contribution in [0.5, 0.6) is 0 Å². The van der Waals surface area contributed by atoms with Crippen molar-refractivity contribution in [2.45, 2.75) is 70.6 Å². The molecule has 0 saturated heterocycles. The van der Waals surface area contributed by atoms with Crippen LogP contribution in [0.3, 0.4) is 0 Å². The summed E-state index contributed by atoms with van der Waals surface area (Å²) in [6, 6.07) is 10.3. The average Bonchev–Trinajstić information content (AvgIpc) is 2.50. The van der Waals surface area contributed by atoms with Gasteiger partial charge in [-0.3, -0.25) is 4.79 Å². The predicted molar refractivity (Wildman–Crippen MR) is 86.8 cm³/mol. The standard InChI is InChI=1S/C19H29O/c1-4-7-10-15-18(20)19(6-3,16-8-5-2)17-13-11-9-12-14-17/h9,11-14H,3-8,10,15-16H2,1-2H3. The van der Waals surface area contributed by atoms with Crippen LogP contribution in [0.4, 0.5) is 0 Å². The molecule has 111 valence electrons. The SMILES string of the molecule is [CH2]CC(CCCC)(C(=O)CCCCC)c1ccccc1. The first-order chi connectivity index (χ1) is 9.71. The maximum absolute atomic E-state index is 12.8. The second-order valence-corrected chi connectivity index (χ2v) is 5.68. The molecular formula is C19H29O. The zero-order valence-corrected chi connectivity index (χ0v) is 13.2. The van der Waals surface area contributed by atoms with Gasteiger partial charge in [-0.2, -0.15) is 0 Å². The molecule has 0 aromatic heterocycles. The molecule has 0 bridgehead atoms. The van der Waals surface area contributed by atoms with E-state index in [0.29, 0.717) is 18.6 Å². The molecule has 0 N–H and O–H groups in total. The lowest BCUT2D eigenvalue weighted by Gasteiger charge is -2.32. The maximum Gasteiger partial charge on any atom is 0.143 e. The molecule has 0 saturated carbocycles.